The minimum Gasteiger partial charge on any atom is -0.450 e. The summed E-state index contributed by atoms with van der Waals surface area (Å²) in [6, 6.07) is 0. The molecule has 0 aromatic rings. The van der Waals surface area contributed by atoms with Crippen LogP contribution in [-0.4, -0.2) is 24.0 Å². The van der Waals surface area contributed by atoms with Gasteiger partial charge < -0.3 is 9.47 Å². The van der Waals surface area contributed by atoms with Crippen molar-refractivity contribution < 1.29 is 23.9 Å². The Labute approximate surface area is 95.1 Å². The molecule has 0 bridgehead atoms. The highest BCUT2D eigenvalue weighted by molar-refractivity contribution is 5.89. The van der Waals surface area contributed by atoms with E-state index < -0.39 is 29.4 Å². The van der Waals surface area contributed by atoms with Crippen molar-refractivity contribution in [3.05, 3.63) is 0 Å². The van der Waals surface area contributed by atoms with Crippen molar-refractivity contribution in [2.24, 2.45) is 5.41 Å². The van der Waals surface area contributed by atoms with Gasteiger partial charge in [0.1, 0.15) is 0 Å². The van der Waals surface area contributed by atoms with Crippen LogP contribution in [0.4, 0.5) is 0 Å². The van der Waals surface area contributed by atoms with E-state index in [-0.39, 0.29) is 6.42 Å². The van der Waals surface area contributed by atoms with Crippen LogP contribution in [0.2, 0.25) is 0 Å². The summed E-state index contributed by atoms with van der Waals surface area (Å²) in [5.74, 6) is -1.99. The van der Waals surface area contributed by atoms with Gasteiger partial charge in [-0.25, -0.2) is 4.79 Å². The first-order valence-corrected chi connectivity index (χ1v) is 5.14. The summed E-state index contributed by atoms with van der Waals surface area (Å²) in [4.78, 5) is 33.5. The molecule has 5 heteroatoms. The fourth-order valence-electron chi connectivity index (χ4n) is 0.653. The van der Waals surface area contributed by atoms with Crippen molar-refractivity contribution >= 4 is 17.9 Å². The number of ether oxygens (including phenoxy) is 2. The summed E-state index contributed by atoms with van der Waals surface area (Å²) < 4.78 is 9.28. The maximum atomic E-state index is 11.4. The van der Waals surface area contributed by atoms with E-state index in [1.165, 1.54) is 6.92 Å². The predicted molar refractivity (Wildman–Crippen MR) is 56.4 cm³/mol. The van der Waals surface area contributed by atoms with E-state index in [9.17, 15) is 14.4 Å². The normalized spacial score (nSPS) is 12.8. The van der Waals surface area contributed by atoms with Crippen LogP contribution in [0.15, 0.2) is 0 Å². The minimum atomic E-state index is -1.07. The lowest BCUT2D eigenvalue weighted by Crippen LogP contribution is -2.33. The number of hydrogen-bond acceptors (Lipinski definition) is 5. The highest BCUT2D eigenvalue weighted by Gasteiger charge is 2.28. The summed E-state index contributed by atoms with van der Waals surface area (Å²) in [6.07, 6.45) is -0.965. The number of carbonyl (C=O) groups is 3. The van der Waals surface area contributed by atoms with Crippen molar-refractivity contribution in [1.29, 1.82) is 0 Å². The molecule has 16 heavy (non-hydrogen) atoms. The van der Waals surface area contributed by atoms with Crippen molar-refractivity contribution in [3.8, 4) is 0 Å². The van der Waals surface area contributed by atoms with Gasteiger partial charge in [-0.3, -0.25) is 9.59 Å². The summed E-state index contributed by atoms with van der Waals surface area (Å²) in [5.41, 5.74) is -0.691. The van der Waals surface area contributed by atoms with Gasteiger partial charge in [0.15, 0.2) is 6.10 Å². The Morgan fingerprint density at radius 1 is 1.19 bits per heavy atom. The number of rotatable bonds is 3. The molecule has 1 atom stereocenters. The second-order valence-electron chi connectivity index (χ2n) is 4.44. The lowest BCUT2D eigenvalue weighted by molar-refractivity contribution is -0.176. The molecule has 0 heterocycles. The standard InChI is InChI=1S/C11H18O5/c1-6-8(12)16-9(13)7(2)15-10(14)11(3,4)5/h7H,6H2,1-5H3/t7-/m1/s1. The smallest absolute Gasteiger partial charge is 0.354 e. The van der Waals surface area contributed by atoms with E-state index in [4.69, 9.17) is 4.74 Å². The highest BCUT2D eigenvalue weighted by atomic mass is 16.6. The van der Waals surface area contributed by atoms with Gasteiger partial charge in [0.2, 0.25) is 0 Å². The van der Waals surface area contributed by atoms with Gasteiger partial charge in [-0.15, -0.1) is 0 Å². The zero-order valence-corrected chi connectivity index (χ0v) is 10.3. The second-order valence-corrected chi connectivity index (χ2v) is 4.44. The SMILES string of the molecule is CCC(=O)OC(=O)[C@@H](C)OC(=O)C(C)(C)C. The molecule has 0 unspecified atom stereocenters. The van der Waals surface area contributed by atoms with Crippen LogP contribution < -0.4 is 0 Å². The zero-order valence-electron chi connectivity index (χ0n) is 10.3. The third-order valence-corrected chi connectivity index (χ3v) is 1.73. The molecule has 5 nitrogen and oxygen atoms in total. The molecular formula is C11H18O5. The second kappa shape index (κ2) is 5.63. The molecular weight excluding hydrogens is 212 g/mol. The van der Waals surface area contributed by atoms with E-state index in [1.54, 1.807) is 27.7 Å². The lowest BCUT2D eigenvalue weighted by atomic mass is 9.97. The quantitative estimate of drug-likeness (QED) is 0.542. The molecule has 0 saturated heterocycles. The highest BCUT2D eigenvalue weighted by Crippen LogP contribution is 2.16. The Morgan fingerprint density at radius 3 is 2.06 bits per heavy atom. The maximum absolute atomic E-state index is 11.4. The summed E-state index contributed by atoms with van der Waals surface area (Å²) in [6.45, 7) is 7.95. The van der Waals surface area contributed by atoms with Crippen LogP contribution in [0.5, 0.6) is 0 Å². The summed E-state index contributed by atoms with van der Waals surface area (Å²) in [7, 11) is 0. The number of carbonyl (C=O) groups excluding carboxylic acids is 3. The molecule has 0 aromatic heterocycles. The third kappa shape index (κ3) is 4.91. The first-order valence-electron chi connectivity index (χ1n) is 5.14. The van der Waals surface area contributed by atoms with Crippen LogP contribution in [0, 0.1) is 5.41 Å². The molecule has 0 aromatic carbocycles. The van der Waals surface area contributed by atoms with Crippen molar-refractivity contribution in [2.45, 2.75) is 47.1 Å². The zero-order chi connectivity index (χ0) is 12.9. The molecule has 0 N–H and O–H groups in total. The van der Waals surface area contributed by atoms with Crippen molar-refractivity contribution in [2.75, 3.05) is 0 Å². The molecule has 0 aliphatic carbocycles. The first-order chi connectivity index (χ1) is 7.18. The summed E-state index contributed by atoms with van der Waals surface area (Å²) >= 11 is 0. The Balaban J connectivity index is 4.27. The molecule has 0 rings (SSSR count). The molecule has 0 aliphatic rings. The monoisotopic (exact) mass is 230 g/mol. The fourth-order valence-corrected chi connectivity index (χ4v) is 0.653. The Hall–Kier alpha value is -1.39. The molecule has 0 amide bonds. The largest absolute Gasteiger partial charge is 0.450 e. The van der Waals surface area contributed by atoms with Crippen molar-refractivity contribution in [3.63, 3.8) is 0 Å². The number of esters is 3. The Morgan fingerprint density at radius 2 is 1.69 bits per heavy atom. The van der Waals surface area contributed by atoms with E-state index in [0.717, 1.165) is 0 Å². The predicted octanol–water partition coefficient (Wildman–Crippen LogP) is 1.44. The van der Waals surface area contributed by atoms with Gasteiger partial charge in [0.05, 0.1) is 5.41 Å². The maximum Gasteiger partial charge on any atom is 0.354 e. The van der Waals surface area contributed by atoms with Gasteiger partial charge in [-0.1, -0.05) is 6.92 Å². The molecule has 0 saturated carbocycles. The number of hydrogen-bond donors (Lipinski definition) is 0. The average molecular weight is 230 g/mol. The van der Waals surface area contributed by atoms with Gasteiger partial charge in [0.25, 0.3) is 0 Å². The van der Waals surface area contributed by atoms with E-state index >= 15 is 0 Å². The van der Waals surface area contributed by atoms with Gasteiger partial charge >= 0.3 is 17.9 Å². The first kappa shape index (κ1) is 14.6. The Kier molecular flexibility index (Phi) is 5.14. The van der Waals surface area contributed by atoms with Gasteiger partial charge in [-0.05, 0) is 27.7 Å². The van der Waals surface area contributed by atoms with Gasteiger partial charge in [-0.2, -0.15) is 0 Å². The lowest BCUT2D eigenvalue weighted by Gasteiger charge is -2.19. The van der Waals surface area contributed by atoms with Crippen molar-refractivity contribution in [1.82, 2.24) is 0 Å². The van der Waals surface area contributed by atoms with Crippen LogP contribution in [0.3, 0.4) is 0 Å². The van der Waals surface area contributed by atoms with Gasteiger partial charge in [0, 0.05) is 6.42 Å². The van der Waals surface area contributed by atoms with Crippen LogP contribution in [0.25, 0.3) is 0 Å². The van der Waals surface area contributed by atoms with Crippen LogP contribution in [0.1, 0.15) is 41.0 Å². The van der Waals surface area contributed by atoms with E-state index in [1.807, 2.05) is 0 Å². The van der Waals surface area contributed by atoms with Crippen LogP contribution >= 0.6 is 0 Å². The third-order valence-electron chi connectivity index (χ3n) is 1.73. The summed E-state index contributed by atoms with van der Waals surface area (Å²) in [5, 5.41) is 0. The molecule has 92 valence electrons. The average Bonchev–Trinajstić information content (AvgIpc) is 2.15. The van der Waals surface area contributed by atoms with E-state index in [0.29, 0.717) is 0 Å². The minimum absolute atomic E-state index is 0.103. The topological polar surface area (TPSA) is 69.7 Å². The molecule has 0 aliphatic heterocycles. The molecule has 0 spiro atoms. The van der Waals surface area contributed by atoms with Crippen LogP contribution in [-0.2, 0) is 23.9 Å². The Bertz CT molecular complexity index is 287. The molecule has 0 radical (unpaired) electrons. The van der Waals surface area contributed by atoms with E-state index in [2.05, 4.69) is 4.74 Å². The fraction of sp³-hybridized carbons (Fsp3) is 0.727. The molecule has 0 fully saturated rings.